The van der Waals surface area contributed by atoms with Gasteiger partial charge in [0, 0.05) is 31.8 Å². The highest BCUT2D eigenvalue weighted by Crippen LogP contribution is 2.57. The Morgan fingerprint density at radius 3 is 2.71 bits per heavy atom. The summed E-state index contributed by atoms with van der Waals surface area (Å²) in [5.41, 5.74) is 2.28. The maximum absolute atomic E-state index is 15.0. The van der Waals surface area contributed by atoms with Crippen LogP contribution in [0.3, 0.4) is 0 Å². The molecule has 2 heterocycles. The third-order valence-electron chi connectivity index (χ3n) is 7.55. The van der Waals surface area contributed by atoms with Gasteiger partial charge in [0.1, 0.15) is 18.0 Å². The highest BCUT2D eigenvalue weighted by atomic mass is 19.1. The molecule has 2 aromatic carbocycles. The van der Waals surface area contributed by atoms with E-state index in [2.05, 4.69) is 12.1 Å². The van der Waals surface area contributed by atoms with Gasteiger partial charge in [-0.2, -0.15) is 0 Å². The highest BCUT2D eigenvalue weighted by molar-refractivity contribution is 5.96. The van der Waals surface area contributed by atoms with Crippen molar-refractivity contribution in [2.75, 3.05) is 31.9 Å². The van der Waals surface area contributed by atoms with Crippen LogP contribution in [0.1, 0.15) is 32.7 Å². The molecule has 34 heavy (non-hydrogen) atoms. The quantitative estimate of drug-likeness (QED) is 0.646. The van der Waals surface area contributed by atoms with Crippen LogP contribution in [0.25, 0.3) is 0 Å². The number of aromatic nitrogens is 1. The van der Waals surface area contributed by atoms with Gasteiger partial charge >= 0.3 is 0 Å². The lowest BCUT2D eigenvalue weighted by Gasteiger charge is -2.50. The summed E-state index contributed by atoms with van der Waals surface area (Å²) >= 11 is 0. The number of benzene rings is 2. The summed E-state index contributed by atoms with van der Waals surface area (Å²) in [6.45, 7) is 0.778. The topological polar surface area (TPSA) is 75.0 Å². The van der Waals surface area contributed by atoms with Crippen molar-refractivity contribution in [3.05, 3.63) is 98.7 Å². The maximum atomic E-state index is 15.0. The zero-order valence-electron chi connectivity index (χ0n) is 18.7. The minimum absolute atomic E-state index is 0.0173. The molecule has 2 atom stereocenters. The van der Waals surface area contributed by atoms with Crippen molar-refractivity contribution < 1.29 is 19.0 Å². The fourth-order valence-corrected chi connectivity index (χ4v) is 6.16. The van der Waals surface area contributed by atoms with E-state index in [4.69, 9.17) is 4.74 Å². The molecule has 2 unspecified atom stereocenters. The van der Waals surface area contributed by atoms with Gasteiger partial charge < -0.3 is 14.7 Å². The number of hydrogen-bond acceptors (Lipinski definition) is 5. The first-order valence-corrected chi connectivity index (χ1v) is 11.4. The molecule has 1 N–H and O–H groups in total. The molecule has 0 spiro atoms. The molecule has 3 aromatic rings. The number of methoxy groups -OCH3 is 1. The van der Waals surface area contributed by atoms with Gasteiger partial charge in [-0.15, -0.1) is 0 Å². The zero-order chi connectivity index (χ0) is 23.6. The maximum Gasteiger partial charge on any atom is 0.277 e. The predicted octanol–water partition coefficient (Wildman–Crippen LogP) is 2.36. The van der Waals surface area contributed by atoms with E-state index >= 15 is 4.39 Å². The van der Waals surface area contributed by atoms with Crippen LogP contribution in [0.2, 0.25) is 0 Å². The molecule has 1 aliphatic heterocycles. The molecule has 2 aliphatic carbocycles. The molecular weight excluding hydrogens is 437 g/mol. The van der Waals surface area contributed by atoms with Crippen LogP contribution >= 0.6 is 0 Å². The first-order valence-electron chi connectivity index (χ1n) is 11.4. The number of aromatic hydroxyl groups is 1. The number of carbonyl (C=O) groups is 1. The minimum atomic E-state index is -0.768. The van der Waals surface area contributed by atoms with Crippen LogP contribution in [0, 0.1) is 11.7 Å². The van der Waals surface area contributed by atoms with Gasteiger partial charge in [-0.05, 0) is 41.2 Å². The molecule has 1 amide bonds. The van der Waals surface area contributed by atoms with Gasteiger partial charge in [-0.25, -0.2) is 4.39 Å². The van der Waals surface area contributed by atoms with Gasteiger partial charge in [0.25, 0.3) is 5.91 Å². The summed E-state index contributed by atoms with van der Waals surface area (Å²) in [6.07, 6.45) is 2.85. The summed E-state index contributed by atoms with van der Waals surface area (Å²) < 4.78 is 21.9. The minimum Gasteiger partial charge on any atom is -0.502 e. The number of hydrogen-bond donors (Lipinski definition) is 1. The molecule has 0 radical (unpaired) electrons. The smallest absolute Gasteiger partial charge is 0.277 e. The largest absolute Gasteiger partial charge is 0.502 e. The lowest BCUT2D eigenvalue weighted by Crippen LogP contribution is -2.63. The Hall–Kier alpha value is -3.65. The van der Waals surface area contributed by atoms with Crippen LogP contribution in [0.15, 0.2) is 59.5 Å². The van der Waals surface area contributed by atoms with Gasteiger partial charge in [0.15, 0.2) is 11.4 Å². The van der Waals surface area contributed by atoms with Crippen molar-refractivity contribution in [1.29, 1.82) is 0 Å². The van der Waals surface area contributed by atoms with Crippen molar-refractivity contribution in [1.82, 2.24) is 9.58 Å². The molecule has 0 saturated carbocycles. The van der Waals surface area contributed by atoms with Gasteiger partial charge in [-0.3, -0.25) is 19.3 Å². The standard InChI is InChI=1S/C26H24FN3O4/c1-34-12-11-28-15-30(29-10-9-22(31)24(32)23(29)25(28)33)26-17(13-16-5-2-3-6-19(16)26)14-18-20(26)7-4-8-21(18)27/h2-10,17,32H,11-15H2,1H3. The monoisotopic (exact) mass is 461 g/mol. The number of pyridine rings is 1. The molecule has 8 heteroatoms. The molecule has 7 nitrogen and oxygen atoms in total. The SMILES string of the molecule is COCCN1CN(C23c4ccccc4CC2Cc2c(F)cccc23)n2ccc(=O)c(O)c2C1=O. The second-order valence-electron chi connectivity index (χ2n) is 9.12. The molecule has 174 valence electrons. The first kappa shape index (κ1) is 20.9. The van der Waals surface area contributed by atoms with E-state index < -0.39 is 22.6 Å². The van der Waals surface area contributed by atoms with Crippen molar-refractivity contribution in [3.8, 4) is 5.75 Å². The van der Waals surface area contributed by atoms with E-state index in [1.54, 1.807) is 22.8 Å². The fraction of sp³-hybridized carbons (Fsp3) is 0.308. The van der Waals surface area contributed by atoms with Crippen LogP contribution in [0.4, 0.5) is 4.39 Å². The summed E-state index contributed by atoms with van der Waals surface area (Å²) in [5.74, 6) is -1.25. The van der Waals surface area contributed by atoms with E-state index in [0.717, 1.165) is 17.5 Å². The average Bonchev–Trinajstić information content (AvgIpc) is 3.33. The lowest BCUT2D eigenvalue weighted by atomic mass is 9.81. The molecule has 0 bridgehead atoms. The lowest BCUT2D eigenvalue weighted by molar-refractivity contribution is 0.0579. The Morgan fingerprint density at radius 2 is 1.88 bits per heavy atom. The second-order valence-corrected chi connectivity index (χ2v) is 9.12. The first-order chi connectivity index (χ1) is 16.5. The number of ether oxygens (including phenoxy) is 1. The summed E-state index contributed by atoms with van der Waals surface area (Å²) in [4.78, 5) is 27.3. The van der Waals surface area contributed by atoms with E-state index in [0.29, 0.717) is 18.6 Å². The number of rotatable bonds is 4. The molecular formula is C26H24FN3O4. The number of amides is 1. The molecule has 6 rings (SSSR count). The Labute approximate surface area is 195 Å². The highest BCUT2D eigenvalue weighted by Gasteiger charge is 2.59. The van der Waals surface area contributed by atoms with E-state index in [9.17, 15) is 14.7 Å². The predicted molar refractivity (Wildman–Crippen MR) is 123 cm³/mol. The molecule has 1 aromatic heterocycles. The van der Waals surface area contributed by atoms with Crippen molar-refractivity contribution in [2.24, 2.45) is 5.92 Å². The fourth-order valence-electron chi connectivity index (χ4n) is 6.16. The van der Waals surface area contributed by atoms with Gasteiger partial charge in [0.05, 0.1) is 6.61 Å². The van der Waals surface area contributed by atoms with Crippen LogP contribution < -0.4 is 10.4 Å². The van der Waals surface area contributed by atoms with Crippen LogP contribution in [-0.4, -0.2) is 47.5 Å². The normalized spacial score (nSPS) is 22.4. The number of nitrogens with zero attached hydrogens (tertiary/aromatic N) is 3. The summed E-state index contributed by atoms with van der Waals surface area (Å²) in [6, 6.07) is 14.6. The number of fused-ring (bicyclic) bond motifs is 6. The van der Waals surface area contributed by atoms with Crippen LogP contribution in [-0.2, 0) is 23.1 Å². The average molecular weight is 461 g/mol. The second kappa shape index (κ2) is 7.43. The van der Waals surface area contributed by atoms with Crippen molar-refractivity contribution >= 4 is 5.91 Å². The van der Waals surface area contributed by atoms with E-state index in [1.807, 2.05) is 23.2 Å². The molecule has 3 aliphatic rings. The Morgan fingerprint density at radius 1 is 1.09 bits per heavy atom. The van der Waals surface area contributed by atoms with E-state index in [1.165, 1.54) is 23.9 Å². The van der Waals surface area contributed by atoms with Crippen molar-refractivity contribution in [3.63, 3.8) is 0 Å². The van der Waals surface area contributed by atoms with Gasteiger partial charge in [-0.1, -0.05) is 36.4 Å². The Balaban J connectivity index is 1.66. The molecule has 0 saturated heterocycles. The summed E-state index contributed by atoms with van der Waals surface area (Å²) in [5, 5.41) is 12.7. The van der Waals surface area contributed by atoms with Gasteiger partial charge in [0.2, 0.25) is 5.43 Å². The van der Waals surface area contributed by atoms with E-state index in [-0.39, 0.29) is 30.6 Å². The number of carbonyl (C=O) groups excluding carboxylic acids is 1. The third-order valence-corrected chi connectivity index (χ3v) is 7.55. The van der Waals surface area contributed by atoms with Crippen molar-refractivity contribution in [2.45, 2.75) is 18.4 Å². The zero-order valence-corrected chi connectivity index (χ0v) is 18.7. The Kier molecular flexibility index (Phi) is 4.57. The summed E-state index contributed by atoms with van der Waals surface area (Å²) in [7, 11) is 1.56. The molecule has 0 fully saturated rings. The number of halogens is 1. The van der Waals surface area contributed by atoms with Crippen LogP contribution in [0.5, 0.6) is 5.75 Å². The third kappa shape index (κ3) is 2.60. The Bertz CT molecular complexity index is 1390.